The van der Waals surface area contributed by atoms with E-state index in [4.69, 9.17) is 0 Å². The van der Waals surface area contributed by atoms with Crippen LogP contribution in [0.5, 0.6) is 0 Å². The largest absolute Gasteiger partial charge is 0.354 e. The molecule has 1 atom stereocenters. The van der Waals surface area contributed by atoms with Crippen LogP contribution in [0.25, 0.3) is 0 Å². The van der Waals surface area contributed by atoms with Crippen LogP contribution < -0.4 is 10.6 Å². The maximum atomic E-state index is 12.2. The number of carbonyl (C=O) groups excluding carboxylic acids is 2. The molecule has 20 heavy (non-hydrogen) atoms. The fourth-order valence-electron chi connectivity index (χ4n) is 2.46. The number of aryl methyl sites for hydroxylation is 1. The van der Waals surface area contributed by atoms with E-state index in [1.54, 1.807) is 0 Å². The highest BCUT2D eigenvalue weighted by Crippen LogP contribution is 2.20. The molecule has 5 nitrogen and oxygen atoms in total. The number of carbonyl (C=O) groups is 2. The molecule has 0 aromatic carbocycles. The Hall–Kier alpha value is -1.62. The standard InChI is InChI=1S/C15H25N3O2/c1-6-12-13(11(5)19)10(4)18-14(12)15(20)17-8-9(3)16-7-2/h9,16,18H,6-8H2,1-5H3,(H,17,20)/t9-/m1/s1. The molecule has 0 aliphatic heterocycles. The number of rotatable bonds is 7. The molecule has 0 saturated carbocycles. The zero-order valence-electron chi connectivity index (χ0n) is 13.0. The van der Waals surface area contributed by atoms with Gasteiger partial charge in [-0.25, -0.2) is 0 Å². The fourth-order valence-corrected chi connectivity index (χ4v) is 2.46. The van der Waals surface area contributed by atoms with Crippen molar-refractivity contribution >= 4 is 11.7 Å². The minimum absolute atomic E-state index is 0.00401. The van der Waals surface area contributed by atoms with Crippen molar-refractivity contribution in [2.75, 3.05) is 13.1 Å². The van der Waals surface area contributed by atoms with Gasteiger partial charge < -0.3 is 15.6 Å². The van der Waals surface area contributed by atoms with Gasteiger partial charge >= 0.3 is 0 Å². The Morgan fingerprint density at radius 3 is 2.45 bits per heavy atom. The molecular weight excluding hydrogens is 254 g/mol. The van der Waals surface area contributed by atoms with Gasteiger partial charge in [-0.15, -0.1) is 0 Å². The molecule has 0 radical (unpaired) electrons. The van der Waals surface area contributed by atoms with Crippen LogP contribution >= 0.6 is 0 Å². The van der Waals surface area contributed by atoms with Gasteiger partial charge in [-0.1, -0.05) is 13.8 Å². The highest BCUT2D eigenvalue weighted by molar-refractivity contribution is 6.02. The molecule has 1 amide bonds. The first kappa shape index (κ1) is 16.4. The summed E-state index contributed by atoms with van der Waals surface area (Å²) in [5.74, 6) is -0.155. The van der Waals surface area contributed by atoms with Gasteiger partial charge in [-0.3, -0.25) is 9.59 Å². The second-order valence-corrected chi connectivity index (χ2v) is 5.06. The van der Waals surface area contributed by atoms with Crippen molar-refractivity contribution in [1.82, 2.24) is 15.6 Å². The topological polar surface area (TPSA) is 74.0 Å². The van der Waals surface area contributed by atoms with Gasteiger partial charge in [0.25, 0.3) is 5.91 Å². The molecule has 1 aromatic rings. The monoisotopic (exact) mass is 279 g/mol. The van der Waals surface area contributed by atoms with Crippen LogP contribution in [0.3, 0.4) is 0 Å². The van der Waals surface area contributed by atoms with Crippen molar-refractivity contribution < 1.29 is 9.59 Å². The molecular formula is C15H25N3O2. The Labute approximate surface area is 120 Å². The van der Waals surface area contributed by atoms with E-state index in [1.165, 1.54) is 6.92 Å². The Kier molecular flexibility index (Phi) is 5.95. The van der Waals surface area contributed by atoms with Gasteiger partial charge in [0.2, 0.25) is 0 Å². The van der Waals surface area contributed by atoms with Gasteiger partial charge in [-0.05, 0) is 39.3 Å². The first-order chi connectivity index (χ1) is 9.42. The van der Waals surface area contributed by atoms with Crippen molar-refractivity contribution in [3.05, 3.63) is 22.5 Å². The minimum Gasteiger partial charge on any atom is -0.354 e. The third-order valence-corrected chi connectivity index (χ3v) is 3.35. The minimum atomic E-state index is -0.151. The van der Waals surface area contributed by atoms with Gasteiger partial charge in [0.1, 0.15) is 5.69 Å². The summed E-state index contributed by atoms with van der Waals surface area (Å²) in [6.07, 6.45) is 0.658. The Balaban J connectivity index is 2.88. The quantitative estimate of drug-likeness (QED) is 0.666. The first-order valence-corrected chi connectivity index (χ1v) is 7.16. The molecule has 0 aliphatic carbocycles. The molecule has 112 valence electrons. The molecule has 0 spiro atoms. The van der Waals surface area contributed by atoms with E-state index >= 15 is 0 Å². The summed E-state index contributed by atoms with van der Waals surface area (Å²) >= 11 is 0. The Morgan fingerprint density at radius 2 is 1.95 bits per heavy atom. The summed E-state index contributed by atoms with van der Waals surface area (Å²) in [6.45, 7) is 10.8. The molecule has 3 N–H and O–H groups in total. The number of aromatic amines is 1. The second kappa shape index (κ2) is 7.24. The van der Waals surface area contributed by atoms with E-state index in [1.807, 2.05) is 27.7 Å². The van der Waals surface area contributed by atoms with Gasteiger partial charge in [0.05, 0.1) is 0 Å². The Morgan fingerprint density at radius 1 is 1.30 bits per heavy atom. The van der Waals surface area contributed by atoms with Gasteiger partial charge in [-0.2, -0.15) is 0 Å². The van der Waals surface area contributed by atoms with Crippen LogP contribution in [0.1, 0.15) is 59.8 Å². The number of hydrogen-bond acceptors (Lipinski definition) is 3. The molecule has 0 unspecified atom stereocenters. The molecule has 5 heteroatoms. The van der Waals surface area contributed by atoms with Crippen LogP contribution in [-0.4, -0.2) is 35.8 Å². The average Bonchev–Trinajstić information content (AvgIpc) is 2.73. The molecule has 0 fully saturated rings. The van der Waals surface area contributed by atoms with Crippen LogP contribution in [0.2, 0.25) is 0 Å². The second-order valence-electron chi connectivity index (χ2n) is 5.06. The fraction of sp³-hybridized carbons (Fsp3) is 0.600. The first-order valence-electron chi connectivity index (χ1n) is 7.16. The van der Waals surface area contributed by atoms with E-state index in [0.717, 1.165) is 17.8 Å². The van der Waals surface area contributed by atoms with Crippen LogP contribution in [0.4, 0.5) is 0 Å². The van der Waals surface area contributed by atoms with E-state index in [0.29, 0.717) is 24.2 Å². The van der Waals surface area contributed by atoms with Crippen LogP contribution in [0.15, 0.2) is 0 Å². The number of Topliss-reactive ketones (excluding diaryl/α,β-unsaturated/α-hetero) is 1. The zero-order valence-corrected chi connectivity index (χ0v) is 13.0. The summed E-state index contributed by atoms with van der Waals surface area (Å²) in [7, 11) is 0. The van der Waals surface area contributed by atoms with Crippen molar-refractivity contribution in [2.45, 2.75) is 47.1 Å². The summed E-state index contributed by atoms with van der Waals surface area (Å²) < 4.78 is 0. The molecule has 0 aliphatic rings. The molecule has 0 saturated heterocycles. The average molecular weight is 279 g/mol. The molecule has 1 aromatic heterocycles. The maximum absolute atomic E-state index is 12.2. The number of hydrogen-bond donors (Lipinski definition) is 3. The van der Waals surface area contributed by atoms with E-state index in [-0.39, 0.29) is 17.7 Å². The molecule has 1 rings (SSSR count). The highest BCUT2D eigenvalue weighted by atomic mass is 16.2. The third kappa shape index (κ3) is 3.70. The number of nitrogens with one attached hydrogen (secondary N) is 3. The maximum Gasteiger partial charge on any atom is 0.268 e. The van der Waals surface area contributed by atoms with Crippen molar-refractivity contribution in [2.24, 2.45) is 0 Å². The lowest BCUT2D eigenvalue weighted by molar-refractivity contribution is 0.0944. The van der Waals surface area contributed by atoms with Crippen LogP contribution in [0, 0.1) is 6.92 Å². The van der Waals surface area contributed by atoms with Crippen molar-refractivity contribution in [3.8, 4) is 0 Å². The van der Waals surface area contributed by atoms with E-state index in [9.17, 15) is 9.59 Å². The van der Waals surface area contributed by atoms with Gasteiger partial charge in [0.15, 0.2) is 5.78 Å². The van der Waals surface area contributed by atoms with E-state index < -0.39 is 0 Å². The summed E-state index contributed by atoms with van der Waals surface area (Å²) in [6, 6.07) is 0.220. The number of ketones is 1. The lowest BCUT2D eigenvalue weighted by Crippen LogP contribution is -2.39. The summed E-state index contributed by atoms with van der Waals surface area (Å²) in [4.78, 5) is 27.0. The normalized spacial score (nSPS) is 12.2. The third-order valence-electron chi connectivity index (χ3n) is 3.35. The molecule has 0 bridgehead atoms. The van der Waals surface area contributed by atoms with E-state index in [2.05, 4.69) is 15.6 Å². The highest BCUT2D eigenvalue weighted by Gasteiger charge is 2.21. The predicted octanol–water partition coefficient (Wildman–Crippen LogP) is 1.82. The predicted molar refractivity (Wildman–Crippen MR) is 80.4 cm³/mol. The zero-order chi connectivity index (χ0) is 15.3. The summed E-state index contributed by atoms with van der Waals surface area (Å²) in [5.41, 5.74) is 2.74. The SMILES string of the molecule is CCN[C@H](C)CNC(=O)c1[nH]c(C)c(C(C)=O)c1CC. The smallest absolute Gasteiger partial charge is 0.268 e. The number of aromatic nitrogens is 1. The number of amides is 1. The van der Waals surface area contributed by atoms with Gasteiger partial charge in [0, 0.05) is 23.8 Å². The summed E-state index contributed by atoms with van der Waals surface area (Å²) in [5, 5.41) is 6.13. The number of H-pyrrole nitrogens is 1. The number of likely N-dealkylation sites (N-methyl/N-ethyl adjacent to an activating group) is 1. The molecule has 1 heterocycles. The van der Waals surface area contributed by atoms with Crippen molar-refractivity contribution in [3.63, 3.8) is 0 Å². The Bertz CT molecular complexity index is 492. The van der Waals surface area contributed by atoms with Crippen molar-refractivity contribution in [1.29, 1.82) is 0 Å². The lowest BCUT2D eigenvalue weighted by Gasteiger charge is -2.13. The lowest BCUT2D eigenvalue weighted by atomic mass is 10.0. The van der Waals surface area contributed by atoms with Crippen LogP contribution in [-0.2, 0) is 6.42 Å².